The van der Waals surface area contributed by atoms with Gasteiger partial charge in [0.2, 0.25) is 11.9 Å². The second-order valence-electron chi connectivity index (χ2n) is 7.56. The number of morpholine rings is 1. The number of aromatic nitrogens is 2. The molecule has 0 radical (unpaired) electrons. The first-order valence-electron chi connectivity index (χ1n) is 10.5. The number of anilines is 1. The molecule has 1 saturated heterocycles. The second-order valence-corrected chi connectivity index (χ2v) is 7.56. The van der Waals surface area contributed by atoms with Crippen molar-refractivity contribution in [1.82, 2.24) is 15.3 Å². The first kappa shape index (κ1) is 20.8. The summed E-state index contributed by atoms with van der Waals surface area (Å²) >= 11 is 0. The van der Waals surface area contributed by atoms with Gasteiger partial charge in [-0.25, -0.2) is 4.98 Å². The molecule has 0 aliphatic carbocycles. The first-order chi connectivity index (χ1) is 15.2. The summed E-state index contributed by atoms with van der Waals surface area (Å²) in [5.41, 5.74) is 2.36. The number of amides is 1. The minimum Gasteiger partial charge on any atom is -0.378 e. The Hall–Kier alpha value is -3.45. The molecule has 31 heavy (non-hydrogen) atoms. The van der Waals surface area contributed by atoms with E-state index in [9.17, 15) is 9.59 Å². The Morgan fingerprint density at radius 1 is 1.06 bits per heavy atom. The fraction of sp³-hybridized carbons (Fsp3) is 0.292. The fourth-order valence-corrected chi connectivity index (χ4v) is 3.70. The van der Waals surface area contributed by atoms with Gasteiger partial charge in [0, 0.05) is 25.6 Å². The average molecular weight is 418 g/mol. The zero-order valence-electron chi connectivity index (χ0n) is 17.3. The van der Waals surface area contributed by atoms with Crippen molar-refractivity contribution in [2.24, 2.45) is 0 Å². The van der Waals surface area contributed by atoms with Gasteiger partial charge in [0.1, 0.15) is 0 Å². The number of benzene rings is 2. The molecule has 2 aromatic carbocycles. The van der Waals surface area contributed by atoms with Crippen LogP contribution in [0, 0.1) is 0 Å². The van der Waals surface area contributed by atoms with Crippen LogP contribution in [0.4, 0.5) is 5.95 Å². The molecule has 0 saturated carbocycles. The summed E-state index contributed by atoms with van der Waals surface area (Å²) in [6.45, 7) is 2.58. The molecule has 1 atom stereocenters. The third-order valence-electron chi connectivity index (χ3n) is 5.25. The predicted molar refractivity (Wildman–Crippen MR) is 119 cm³/mol. The van der Waals surface area contributed by atoms with Crippen LogP contribution in [0.3, 0.4) is 0 Å². The Kier molecular flexibility index (Phi) is 6.74. The smallest absolute Gasteiger partial charge is 0.252 e. The van der Waals surface area contributed by atoms with Gasteiger partial charge in [0.15, 0.2) is 0 Å². The molecule has 0 bridgehead atoms. The van der Waals surface area contributed by atoms with E-state index >= 15 is 0 Å². The predicted octanol–water partition coefficient (Wildman–Crippen LogP) is 2.25. The number of nitrogens with one attached hydrogen (secondary N) is 2. The molecule has 7 heteroatoms. The minimum atomic E-state index is -0.288. The van der Waals surface area contributed by atoms with Crippen LogP contribution in [0.1, 0.15) is 22.9 Å². The maximum Gasteiger partial charge on any atom is 0.252 e. The van der Waals surface area contributed by atoms with Gasteiger partial charge >= 0.3 is 0 Å². The van der Waals surface area contributed by atoms with Crippen molar-refractivity contribution in [2.75, 3.05) is 31.2 Å². The van der Waals surface area contributed by atoms with Crippen molar-refractivity contribution in [3.8, 4) is 0 Å². The van der Waals surface area contributed by atoms with E-state index in [-0.39, 0.29) is 17.5 Å². The summed E-state index contributed by atoms with van der Waals surface area (Å²) in [5.74, 6) is 0.478. The van der Waals surface area contributed by atoms with Crippen molar-refractivity contribution >= 4 is 11.9 Å². The zero-order valence-corrected chi connectivity index (χ0v) is 17.3. The third-order valence-corrected chi connectivity index (χ3v) is 5.25. The molecule has 1 aliphatic heterocycles. The molecule has 3 aromatic rings. The van der Waals surface area contributed by atoms with Crippen molar-refractivity contribution in [2.45, 2.75) is 18.9 Å². The Morgan fingerprint density at radius 3 is 2.45 bits per heavy atom. The highest BCUT2D eigenvalue weighted by Crippen LogP contribution is 2.19. The SMILES string of the molecule is O=C(Cc1ccccc1)NC(Cc1cc(=O)[nH]c(N2CCOCC2)n1)c1ccccc1. The maximum absolute atomic E-state index is 12.7. The van der Waals surface area contributed by atoms with Crippen molar-refractivity contribution in [1.29, 1.82) is 0 Å². The Bertz CT molecular complexity index is 1050. The van der Waals surface area contributed by atoms with Crippen molar-refractivity contribution in [3.63, 3.8) is 0 Å². The highest BCUT2D eigenvalue weighted by atomic mass is 16.5. The lowest BCUT2D eigenvalue weighted by Crippen LogP contribution is -2.38. The number of rotatable bonds is 7. The lowest BCUT2D eigenvalue weighted by Gasteiger charge is -2.27. The molecule has 160 valence electrons. The Labute approximate surface area is 181 Å². The van der Waals surface area contributed by atoms with Gasteiger partial charge in [-0.05, 0) is 11.1 Å². The van der Waals surface area contributed by atoms with Gasteiger partial charge in [-0.3, -0.25) is 14.6 Å². The maximum atomic E-state index is 12.7. The molecule has 1 unspecified atom stereocenters. The summed E-state index contributed by atoms with van der Waals surface area (Å²) < 4.78 is 5.39. The second kappa shape index (κ2) is 10.0. The normalized spacial score (nSPS) is 14.8. The lowest BCUT2D eigenvalue weighted by atomic mass is 10.0. The number of ether oxygens (including phenoxy) is 1. The van der Waals surface area contributed by atoms with Crippen LogP contribution in [0.25, 0.3) is 0 Å². The number of nitrogens with zero attached hydrogens (tertiary/aromatic N) is 2. The van der Waals surface area contributed by atoms with E-state index in [2.05, 4.69) is 15.3 Å². The standard InChI is InChI=1S/C24H26N4O3/c29-22(15-18-7-3-1-4-8-18)26-21(19-9-5-2-6-10-19)16-20-17-23(30)27-24(25-20)28-11-13-31-14-12-28/h1-10,17,21H,11-16H2,(H,26,29)(H,25,27,30). The molecule has 1 aromatic heterocycles. The van der Waals surface area contributed by atoms with Crippen LogP contribution in [0.2, 0.25) is 0 Å². The fourth-order valence-electron chi connectivity index (χ4n) is 3.70. The van der Waals surface area contributed by atoms with Gasteiger partial charge in [0.25, 0.3) is 5.56 Å². The van der Waals surface area contributed by atoms with Crippen LogP contribution in [0.15, 0.2) is 71.5 Å². The quantitative estimate of drug-likeness (QED) is 0.615. The van der Waals surface area contributed by atoms with Crippen LogP contribution < -0.4 is 15.8 Å². The molecule has 0 spiro atoms. The van der Waals surface area contributed by atoms with E-state index < -0.39 is 0 Å². The van der Waals surface area contributed by atoms with Crippen molar-refractivity contribution in [3.05, 3.63) is 93.9 Å². The van der Waals surface area contributed by atoms with Crippen LogP contribution in [-0.4, -0.2) is 42.2 Å². The van der Waals surface area contributed by atoms with Crippen molar-refractivity contribution < 1.29 is 9.53 Å². The van der Waals surface area contributed by atoms with E-state index in [0.29, 0.717) is 50.8 Å². The number of hydrogen-bond donors (Lipinski definition) is 2. The van der Waals surface area contributed by atoms with E-state index in [1.807, 2.05) is 65.6 Å². The van der Waals surface area contributed by atoms with E-state index in [4.69, 9.17) is 4.74 Å². The van der Waals surface area contributed by atoms with Gasteiger partial charge in [-0.15, -0.1) is 0 Å². The Balaban J connectivity index is 1.54. The minimum absolute atomic E-state index is 0.0710. The van der Waals surface area contributed by atoms with Crippen LogP contribution in [-0.2, 0) is 22.4 Å². The van der Waals surface area contributed by atoms with Gasteiger partial charge in [-0.1, -0.05) is 60.7 Å². The molecule has 4 rings (SSSR count). The number of hydrogen-bond acceptors (Lipinski definition) is 5. The highest BCUT2D eigenvalue weighted by Gasteiger charge is 2.19. The summed E-state index contributed by atoms with van der Waals surface area (Å²) in [4.78, 5) is 34.6. The molecule has 1 aliphatic rings. The summed E-state index contributed by atoms with van der Waals surface area (Å²) in [6.07, 6.45) is 0.720. The van der Waals surface area contributed by atoms with E-state index in [1.165, 1.54) is 6.07 Å². The molecule has 1 amide bonds. The molecule has 7 nitrogen and oxygen atoms in total. The summed E-state index contributed by atoms with van der Waals surface area (Å²) in [7, 11) is 0. The largest absolute Gasteiger partial charge is 0.378 e. The van der Waals surface area contributed by atoms with Gasteiger partial charge in [0.05, 0.1) is 31.4 Å². The molecular weight excluding hydrogens is 392 g/mol. The summed E-state index contributed by atoms with van der Waals surface area (Å²) in [5, 5.41) is 3.12. The summed E-state index contributed by atoms with van der Waals surface area (Å²) in [6, 6.07) is 20.6. The topological polar surface area (TPSA) is 87.3 Å². The van der Waals surface area contributed by atoms with E-state index in [0.717, 1.165) is 11.1 Å². The lowest BCUT2D eigenvalue weighted by molar-refractivity contribution is -0.121. The van der Waals surface area contributed by atoms with Crippen LogP contribution >= 0.6 is 0 Å². The first-order valence-corrected chi connectivity index (χ1v) is 10.5. The number of carbonyl (C=O) groups excluding carboxylic acids is 1. The monoisotopic (exact) mass is 418 g/mol. The van der Waals surface area contributed by atoms with Gasteiger partial charge < -0.3 is 15.0 Å². The highest BCUT2D eigenvalue weighted by molar-refractivity contribution is 5.79. The molecule has 2 N–H and O–H groups in total. The van der Waals surface area contributed by atoms with Gasteiger partial charge in [-0.2, -0.15) is 0 Å². The molecule has 1 fully saturated rings. The number of carbonyl (C=O) groups is 1. The number of aromatic amines is 1. The average Bonchev–Trinajstić information content (AvgIpc) is 2.80. The van der Waals surface area contributed by atoms with E-state index in [1.54, 1.807) is 0 Å². The third kappa shape index (κ3) is 5.79. The zero-order chi connectivity index (χ0) is 21.5. The Morgan fingerprint density at radius 2 is 1.74 bits per heavy atom. The number of H-pyrrole nitrogens is 1. The van der Waals surface area contributed by atoms with Crippen LogP contribution in [0.5, 0.6) is 0 Å². The molecule has 2 heterocycles. The molecular formula is C24H26N4O3.